The number of thiophene rings is 1. The van der Waals surface area contributed by atoms with Gasteiger partial charge in [-0.1, -0.05) is 24.3 Å². The van der Waals surface area contributed by atoms with E-state index in [0.29, 0.717) is 10.8 Å². The summed E-state index contributed by atoms with van der Waals surface area (Å²) in [7, 11) is -3.44. The molecule has 0 saturated heterocycles. The summed E-state index contributed by atoms with van der Waals surface area (Å²) in [5.41, 5.74) is 8.83. The maximum absolute atomic E-state index is 12.3. The first kappa shape index (κ1) is 13.8. The van der Waals surface area contributed by atoms with Gasteiger partial charge in [0.25, 0.3) is 0 Å². The molecule has 0 spiro atoms. The van der Waals surface area contributed by atoms with E-state index in [0.717, 1.165) is 18.4 Å². The van der Waals surface area contributed by atoms with Gasteiger partial charge < -0.3 is 5.73 Å². The Balaban J connectivity index is 1.75. The Hall–Kier alpha value is -1.21. The zero-order valence-corrected chi connectivity index (χ0v) is 12.5. The molecule has 0 fully saturated rings. The molecule has 2 aromatic rings. The average molecular weight is 308 g/mol. The van der Waals surface area contributed by atoms with Gasteiger partial charge in [-0.05, 0) is 41.0 Å². The highest BCUT2D eigenvalue weighted by atomic mass is 32.2. The highest BCUT2D eigenvalue weighted by molar-refractivity contribution is 7.91. The minimum Gasteiger partial charge on any atom is -0.326 e. The van der Waals surface area contributed by atoms with Crippen molar-refractivity contribution in [1.29, 1.82) is 0 Å². The largest absolute Gasteiger partial charge is 0.326 e. The van der Waals surface area contributed by atoms with Gasteiger partial charge in [-0.15, -0.1) is 11.3 Å². The van der Waals surface area contributed by atoms with E-state index in [1.54, 1.807) is 11.4 Å². The van der Waals surface area contributed by atoms with Crippen LogP contribution in [0, 0.1) is 0 Å². The van der Waals surface area contributed by atoms with E-state index in [4.69, 9.17) is 5.73 Å². The fourth-order valence-corrected chi connectivity index (χ4v) is 5.00. The Kier molecular flexibility index (Phi) is 3.64. The van der Waals surface area contributed by atoms with E-state index in [1.807, 2.05) is 12.1 Å². The van der Waals surface area contributed by atoms with Crippen LogP contribution < -0.4 is 10.5 Å². The first-order valence-corrected chi connectivity index (χ1v) is 8.81. The lowest BCUT2D eigenvalue weighted by atomic mass is 10.1. The molecule has 1 aliphatic carbocycles. The number of nitrogens with one attached hydrogen (secondary N) is 1. The van der Waals surface area contributed by atoms with Gasteiger partial charge in [0.2, 0.25) is 10.0 Å². The molecule has 106 valence electrons. The van der Waals surface area contributed by atoms with Crippen LogP contribution in [0.1, 0.15) is 16.7 Å². The Labute approximate surface area is 122 Å². The summed E-state index contributed by atoms with van der Waals surface area (Å²) in [6.45, 7) is 0.362. The van der Waals surface area contributed by atoms with Crippen molar-refractivity contribution in [2.24, 2.45) is 5.73 Å². The second kappa shape index (κ2) is 5.29. The van der Waals surface area contributed by atoms with Crippen LogP contribution in [0.3, 0.4) is 0 Å². The summed E-state index contributed by atoms with van der Waals surface area (Å²) in [5.74, 6) is 0. The summed E-state index contributed by atoms with van der Waals surface area (Å²) in [4.78, 5) is 0. The minimum atomic E-state index is -3.44. The Morgan fingerprint density at radius 1 is 1.25 bits per heavy atom. The summed E-state index contributed by atoms with van der Waals surface area (Å²) in [5, 5.41) is 1.79. The van der Waals surface area contributed by atoms with E-state index in [2.05, 4.69) is 16.9 Å². The fourth-order valence-electron chi connectivity index (χ4n) is 2.52. The molecular formula is C14H16N2O2S2. The summed E-state index contributed by atoms with van der Waals surface area (Å²) in [6.07, 6.45) is 1.51. The lowest BCUT2D eigenvalue weighted by Crippen LogP contribution is -2.34. The standard InChI is InChI=1S/C14H16N2O2S2/c15-8-10-5-14(19-9-10)20(17,18)16-13-6-11-3-1-2-4-12(11)7-13/h1-5,9,13,16H,6-8,15H2. The normalized spacial score (nSPS) is 15.4. The summed E-state index contributed by atoms with van der Waals surface area (Å²) < 4.78 is 27.8. The van der Waals surface area contributed by atoms with Crippen LogP contribution in [-0.2, 0) is 29.4 Å². The minimum absolute atomic E-state index is 0.0548. The molecule has 1 aliphatic rings. The van der Waals surface area contributed by atoms with Crippen LogP contribution in [0.2, 0.25) is 0 Å². The quantitative estimate of drug-likeness (QED) is 0.902. The molecule has 0 radical (unpaired) electrons. The monoisotopic (exact) mass is 308 g/mol. The molecule has 0 amide bonds. The summed E-state index contributed by atoms with van der Waals surface area (Å²) in [6, 6.07) is 9.68. The third kappa shape index (κ3) is 2.64. The molecule has 0 unspecified atom stereocenters. The van der Waals surface area contributed by atoms with E-state index >= 15 is 0 Å². The molecule has 3 N–H and O–H groups in total. The zero-order chi connectivity index (χ0) is 14.2. The highest BCUT2D eigenvalue weighted by Crippen LogP contribution is 2.25. The Morgan fingerprint density at radius 3 is 2.45 bits per heavy atom. The van der Waals surface area contributed by atoms with Gasteiger partial charge in [0.05, 0.1) is 0 Å². The maximum atomic E-state index is 12.3. The smallest absolute Gasteiger partial charge is 0.250 e. The predicted molar refractivity (Wildman–Crippen MR) is 80.2 cm³/mol. The lowest BCUT2D eigenvalue weighted by molar-refractivity contribution is 0.557. The van der Waals surface area contributed by atoms with E-state index in [-0.39, 0.29) is 6.04 Å². The molecule has 0 atom stereocenters. The van der Waals surface area contributed by atoms with Gasteiger partial charge >= 0.3 is 0 Å². The van der Waals surface area contributed by atoms with Crippen LogP contribution in [0.15, 0.2) is 39.9 Å². The number of rotatable bonds is 4. The Morgan fingerprint density at radius 2 is 1.90 bits per heavy atom. The third-order valence-electron chi connectivity index (χ3n) is 3.50. The van der Waals surface area contributed by atoms with E-state index < -0.39 is 10.0 Å². The number of benzene rings is 1. The van der Waals surface area contributed by atoms with Crippen molar-refractivity contribution in [3.63, 3.8) is 0 Å². The first-order valence-electron chi connectivity index (χ1n) is 6.45. The van der Waals surface area contributed by atoms with E-state index in [9.17, 15) is 8.42 Å². The number of fused-ring (bicyclic) bond motifs is 1. The number of hydrogen-bond donors (Lipinski definition) is 2. The van der Waals surface area contributed by atoms with Crippen molar-refractivity contribution in [2.75, 3.05) is 0 Å². The predicted octanol–water partition coefficient (Wildman–Crippen LogP) is 1.65. The number of nitrogens with two attached hydrogens (primary N) is 1. The topological polar surface area (TPSA) is 72.2 Å². The molecule has 3 rings (SSSR count). The fraction of sp³-hybridized carbons (Fsp3) is 0.286. The molecule has 0 aliphatic heterocycles. The van der Waals surface area contributed by atoms with Gasteiger partial charge in [0, 0.05) is 12.6 Å². The van der Waals surface area contributed by atoms with Crippen molar-refractivity contribution in [3.05, 3.63) is 52.4 Å². The van der Waals surface area contributed by atoms with Crippen LogP contribution in [-0.4, -0.2) is 14.5 Å². The average Bonchev–Trinajstić information content (AvgIpc) is 3.04. The number of sulfonamides is 1. The van der Waals surface area contributed by atoms with Crippen molar-refractivity contribution < 1.29 is 8.42 Å². The van der Waals surface area contributed by atoms with Crippen LogP contribution in [0.25, 0.3) is 0 Å². The molecule has 6 heteroatoms. The first-order chi connectivity index (χ1) is 9.58. The van der Waals surface area contributed by atoms with Gasteiger partial charge in [0.15, 0.2) is 0 Å². The number of hydrogen-bond acceptors (Lipinski definition) is 4. The second-order valence-corrected chi connectivity index (χ2v) is 7.83. The molecular weight excluding hydrogens is 292 g/mol. The summed E-state index contributed by atoms with van der Waals surface area (Å²) >= 11 is 1.22. The van der Waals surface area contributed by atoms with Crippen molar-refractivity contribution in [1.82, 2.24) is 4.72 Å². The lowest BCUT2D eigenvalue weighted by Gasteiger charge is -2.11. The second-order valence-electron chi connectivity index (χ2n) is 4.97. The molecule has 0 bridgehead atoms. The maximum Gasteiger partial charge on any atom is 0.250 e. The highest BCUT2D eigenvalue weighted by Gasteiger charge is 2.26. The van der Waals surface area contributed by atoms with E-state index in [1.165, 1.54) is 22.5 Å². The van der Waals surface area contributed by atoms with Crippen molar-refractivity contribution >= 4 is 21.4 Å². The third-order valence-corrected chi connectivity index (χ3v) is 6.51. The van der Waals surface area contributed by atoms with Crippen molar-refractivity contribution in [2.45, 2.75) is 29.6 Å². The van der Waals surface area contributed by atoms with Crippen LogP contribution in [0.5, 0.6) is 0 Å². The van der Waals surface area contributed by atoms with Gasteiger partial charge in [-0.3, -0.25) is 0 Å². The Bertz CT molecular complexity index is 697. The molecule has 1 heterocycles. The van der Waals surface area contributed by atoms with Gasteiger partial charge in [-0.25, -0.2) is 13.1 Å². The van der Waals surface area contributed by atoms with Crippen molar-refractivity contribution in [3.8, 4) is 0 Å². The SMILES string of the molecule is NCc1csc(S(=O)(=O)NC2Cc3ccccc3C2)c1. The van der Waals surface area contributed by atoms with Crippen LogP contribution >= 0.6 is 11.3 Å². The van der Waals surface area contributed by atoms with Crippen LogP contribution in [0.4, 0.5) is 0 Å². The van der Waals surface area contributed by atoms with Gasteiger partial charge in [-0.2, -0.15) is 0 Å². The molecule has 20 heavy (non-hydrogen) atoms. The molecule has 4 nitrogen and oxygen atoms in total. The molecule has 0 saturated carbocycles. The molecule has 1 aromatic heterocycles. The molecule has 1 aromatic carbocycles. The van der Waals surface area contributed by atoms with Gasteiger partial charge in [0.1, 0.15) is 4.21 Å². The zero-order valence-electron chi connectivity index (χ0n) is 10.9.